The first-order valence-corrected chi connectivity index (χ1v) is 8.11. The van der Waals surface area contributed by atoms with Crippen molar-refractivity contribution in [1.29, 1.82) is 0 Å². The summed E-state index contributed by atoms with van der Waals surface area (Å²) in [6, 6.07) is 7.33. The Morgan fingerprint density at radius 1 is 1.32 bits per heavy atom. The molecule has 0 heterocycles. The van der Waals surface area contributed by atoms with Crippen LogP contribution in [-0.4, -0.2) is 35.0 Å². The van der Waals surface area contributed by atoms with Crippen LogP contribution in [0.25, 0.3) is 0 Å². The van der Waals surface area contributed by atoms with E-state index in [9.17, 15) is 9.59 Å². The summed E-state index contributed by atoms with van der Waals surface area (Å²) in [4.78, 5) is 23.0. The molecule has 4 nitrogen and oxygen atoms in total. The van der Waals surface area contributed by atoms with Crippen LogP contribution in [0.5, 0.6) is 0 Å². The van der Waals surface area contributed by atoms with Crippen LogP contribution >= 0.6 is 23.5 Å². The van der Waals surface area contributed by atoms with Crippen LogP contribution in [0, 0.1) is 0 Å². The average Bonchev–Trinajstić information content (AvgIpc) is 2.37. The predicted octanol–water partition coefficient (Wildman–Crippen LogP) is 2.23. The maximum Gasteiger partial charge on any atom is 0.327 e. The van der Waals surface area contributed by atoms with E-state index >= 15 is 0 Å². The minimum absolute atomic E-state index is 0.322. The van der Waals surface area contributed by atoms with E-state index in [1.165, 1.54) is 23.6 Å². The molecular weight excluding hydrogens is 282 g/mol. The van der Waals surface area contributed by atoms with Gasteiger partial charge in [0.15, 0.2) is 0 Å². The summed E-state index contributed by atoms with van der Waals surface area (Å²) in [5, 5.41) is 11.4. The molecule has 19 heavy (non-hydrogen) atoms. The number of carbonyl (C=O) groups excluding carboxylic acids is 1. The van der Waals surface area contributed by atoms with Crippen molar-refractivity contribution in [3.8, 4) is 0 Å². The van der Waals surface area contributed by atoms with Gasteiger partial charge in [0.2, 0.25) is 5.91 Å². The number of benzene rings is 1. The molecule has 0 bridgehead atoms. The number of amides is 1. The molecule has 2 N–H and O–H groups in total. The number of carboxylic acid groups (broad SMARTS) is 1. The quantitative estimate of drug-likeness (QED) is 0.756. The first kappa shape index (κ1) is 15.9. The van der Waals surface area contributed by atoms with E-state index in [2.05, 4.69) is 5.32 Å². The van der Waals surface area contributed by atoms with E-state index in [1.54, 1.807) is 11.8 Å². The van der Waals surface area contributed by atoms with Gasteiger partial charge in [-0.05, 0) is 24.0 Å². The molecule has 104 valence electrons. The van der Waals surface area contributed by atoms with Crippen molar-refractivity contribution in [2.75, 3.05) is 12.0 Å². The number of carboxylic acids is 1. The van der Waals surface area contributed by atoms with Crippen LogP contribution in [-0.2, 0) is 15.3 Å². The van der Waals surface area contributed by atoms with Gasteiger partial charge < -0.3 is 10.4 Å². The Hall–Kier alpha value is -1.14. The van der Waals surface area contributed by atoms with Gasteiger partial charge in [-0.15, -0.1) is 11.8 Å². The summed E-state index contributed by atoms with van der Waals surface area (Å²) < 4.78 is 0. The summed E-state index contributed by atoms with van der Waals surface area (Å²) in [6.45, 7) is 1.32. The number of hydrogen-bond acceptors (Lipinski definition) is 4. The molecule has 0 saturated heterocycles. The molecule has 6 heteroatoms. The van der Waals surface area contributed by atoms with Gasteiger partial charge in [-0.25, -0.2) is 4.79 Å². The smallest absolute Gasteiger partial charge is 0.327 e. The molecular formula is C13H17NO3S2. The maximum atomic E-state index is 10.9. The van der Waals surface area contributed by atoms with Crippen molar-refractivity contribution in [2.24, 2.45) is 0 Å². The van der Waals surface area contributed by atoms with Crippen LogP contribution in [0.1, 0.15) is 12.5 Å². The summed E-state index contributed by atoms with van der Waals surface area (Å²) in [5.41, 5.74) is 1.15. The number of hydrogen-bond donors (Lipinski definition) is 2. The molecule has 0 aliphatic heterocycles. The number of nitrogens with one attached hydrogen (secondary N) is 1. The molecule has 1 amide bonds. The Labute approximate surface area is 121 Å². The Morgan fingerprint density at radius 3 is 2.42 bits per heavy atom. The lowest BCUT2D eigenvalue weighted by atomic mass is 10.2. The Bertz CT molecular complexity index is 434. The van der Waals surface area contributed by atoms with Gasteiger partial charge in [0, 0.05) is 23.3 Å². The highest BCUT2D eigenvalue weighted by atomic mass is 32.2. The van der Waals surface area contributed by atoms with Crippen molar-refractivity contribution in [3.63, 3.8) is 0 Å². The van der Waals surface area contributed by atoms with Crippen molar-refractivity contribution in [2.45, 2.75) is 23.6 Å². The van der Waals surface area contributed by atoms with Crippen molar-refractivity contribution >= 4 is 35.4 Å². The van der Waals surface area contributed by atoms with Gasteiger partial charge in [0.1, 0.15) is 6.04 Å². The number of aliphatic carboxylic acids is 1. The van der Waals surface area contributed by atoms with Gasteiger partial charge >= 0.3 is 5.97 Å². The highest BCUT2D eigenvalue weighted by Crippen LogP contribution is 2.18. The van der Waals surface area contributed by atoms with Gasteiger partial charge in [-0.2, -0.15) is 11.8 Å². The molecule has 0 aliphatic carbocycles. The molecule has 1 rings (SSSR count). The van der Waals surface area contributed by atoms with Gasteiger partial charge in [-0.1, -0.05) is 12.1 Å². The second-order valence-corrected chi connectivity index (χ2v) is 5.86. The maximum absolute atomic E-state index is 10.9. The zero-order chi connectivity index (χ0) is 14.3. The minimum atomic E-state index is -1.000. The van der Waals surface area contributed by atoms with Crippen LogP contribution < -0.4 is 5.32 Å². The Kier molecular flexibility index (Phi) is 6.80. The normalized spacial score (nSPS) is 11.9. The van der Waals surface area contributed by atoms with E-state index in [4.69, 9.17) is 5.11 Å². The second kappa shape index (κ2) is 8.12. The molecule has 1 aromatic carbocycles. The topological polar surface area (TPSA) is 66.4 Å². The molecule has 0 fully saturated rings. The van der Waals surface area contributed by atoms with Crippen LogP contribution in [0.15, 0.2) is 29.2 Å². The molecule has 0 spiro atoms. The third kappa shape index (κ3) is 6.02. The number of carbonyl (C=O) groups is 2. The van der Waals surface area contributed by atoms with E-state index < -0.39 is 12.0 Å². The fraction of sp³-hybridized carbons (Fsp3) is 0.385. The van der Waals surface area contributed by atoms with Crippen molar-refractivity contribution in [3.05, 3.63) is 29.8 Å². The minimum Gasteiger partial charge on any atom is -0.480 e. The fourth-order valence-electron chi connectivity index (χ4n) is 1.44. The van der Waals surface area contributed by atoms with Gasteiger partial charge in [0.05, 0.1) is 0 Å². The summed E-state index contributed by atoms with van der Waals surface area (Å²) in [5.74, 6) is -0.227. The zero-order valence-corrected chi connectivity index (χ0v) is 12.5. The molecule has 0 radical (unpaired) electrons. The highest BCUT2D eigenvalue weighted by Gasteiger charge is 2.17. The van der Waals surface area contributed by atoms with Crippen molar-refractivity contribution in [1.82, 2.24) is 5.32 Å². The van der Waals surface area contributed by atoms with Gasteiger partial charge in [0.25, 0.3) is 0 Å². The third-order valence-corrected chi connectivity index (χ3v) is 4.24. The first-order valence-electron chi connectivity index (χ1n) is 5.73. The van der Waals surface area contributed by atoms with Crippen LogP contribution in [0.2, 0.25) is 0 Å². The Balaban J connectivity index is 2.42. The van der Waals surface area contributed by atoms with Gasteiger partial charge in [-0.3, -0.25) is 4.79 Å². The first-order chi connectivity index (χ1) is 9.02. The summed E-state index contributed by atoms with van der Waals surface area (Å²) in [7, 11) is 0. The lowest BCUT2D eigenvalue weighted by Crippen LogP contribution is -2.41. The average molecular weight is 299 g/mol. The monoisotopic (exact) mass is 299 g/mol. The molecule has 0 saturated carbocycles. The zero-order valence-electron chi connectivity index (χ0n) is 10.9. The van der Waals surface area contributed by atoms with E-state index in [1.807, 2.05) is 30.5 Å². The van der Waals surface area contributed by atoms with Crippen LogP contribution in [0.3, 0.4) is 0 Å². The molecule has 0 aliphatic rings. The number of thioether (sulfide) groups is 2. The lowest BCUT2D eigenvalue weighted by molar-refractivity contribution is -0.140. The highest BCUT2D eigenvalue weighted by molar-refractivity contribution is 7.98. The largest absolute Gasteiger partial charge is 0.480 e. The summed E-state index contributed by atoms with van der Waals surface area (Å²) in [6.07, 6.45) is 2.02. The second-order valence-electron chi connectivity index (χ2n) is 3.95. The molecule has 1 unspecified atom stereocenters. The Morgan fingerprint density at radius 2 is 1.95 bits per heavy atom. The number of rotatable bonds is 7. The summed E-state index contributed by atoms with van der Waals surface area (Å²) >= 11 is 3.18. The molecule has 1 aromatic rings. The molecule has 1 atom stereocenters. The fourth-order valence-corrected chi connectivity index (χ4v) is 2.85. The van der Waals surface area contributed by atoms with E-state index in [0.29, 0.717) is 5.75 Å². The standard InChI is InChI=1S/C13H17NO3S2/c1-9(15)14-12(13(16)17)8-19-7-10-3-5-11(18-2)6-4-10/h3-6,12H,7-8H2,1-2H3,(H,14,15)(H,16,17). The van der Waals surface area contributed by atoms with E-state index in [-0.39, 0.29) is 5.91 Å². The van der Waals surface area contributed by atoms with Crippen molar-refractivity contribution < 1.29 is 14.7 Å². The predicted molar refractivity (Wildman–Crippen MR) is 79.6 cm³/mol. The SMILES string of the molecule is CSc1ccc(CSCC(NC(C)=O)C(=O)O)cc1. The lowest BCUT2D eigenvalue weighted by Gasteiger charge is -2.12. The molecule has 0 aromatic heterocycles. The van der Waals surface area contributed by atoms with Crippen LogP contribution in [0.4, 0.5) is 0 Å². The van der Waals surface area contributed by atoms with E-state index in [0.717, 1.165) is 11.3 Å². The third-order valence-electron chi connectivity index (χ3n) is 2.39.